The van der Waals surface area contributed by atoms with E-state index in [1.54, 1.807) is 25.1 Å². The molecule has 1 saturated carbocycles. The first-order chi connectivity index (χ1) is 16.0. The van der Waals surface area contributed by atoms with Gasteiger partial charge < -0.3 is 14.9 Å². The smallest absolute Gasteiger partial charge is 0.380 e. The summed E-state index contributed by atoms with van der Waals surface area (Å²) in [6.07, 6.45) is -3.08. The number of amides is 1. The number of hydrogen-bond donors (Lipinski definition) is 2. The molecular weight excluding hydrogens is 458 g/mol. The van der Waals surface area contributed by atoms with Crippen LogP contribution in [0.4, 0.5) is 23.2 Å². The molecule has 0 spiro atoms. The third-order valence-electron chi connectivity index (χ3n) is 5.94. The molecule has 4 aromatic rings. The minimum absolute atomic E-state index is 0.00745. The third kappa shape index (κ3) is 3.69. The van der Waals surface area contributed by atoms with E-state index >= 15 is 0 Å². The number of nitrogens with one attached hydrogen (secondary N) is 1. The number of fused-ring (bicyclic) bond motifs is 1. The number of carbonyl (C=O) groups is 1. The Labute approximate surface area is 189 Å². The van der Waals surface area contributed by atoms with Crippen molar-refractivity contribution < 1.29 is 32.0 Å². The van der Waals surface area contributed by atoms with E-state index in [4.69, 9.17) is 4.52 Å². The first-order valence-corrected chi connectivity index (χ1v) is 10.2. The molecule has 0 radical (unpaired) electrons. The van der Waals surface area contributed by atoms with Gasteiger partial charge in [0.05, 0.1) is 6.20 Å². The summed E-state index contributed by atoms with van der Waals surface area (Å²) in [5, 5.41) is 16.2. The molecule has 0 bridgehead atoms. The van der Waals surface area contributed by atoms with E-state index in [1.165, 1.54) is 28.9 Å². The van der Waals surface area contributed by atoms with Gasteiger partial charge in [0.15, 0.2) is 5.60 Å². The van der Waals surface area contributed by atoms with Crippen LogP contribution in [-0.4, -0.2) is 42.3 Å². The van der Waals surface area contributed by atoms with Crippen LogP contribution in [0.15, 0.2) is 47.2 Å². The Balaban J connectivity index is 1.35. The Bertz CT molecular complexity index is 1410. The summed E-state index contributed by atoms with van der Waals surface area (Å²) in [6.45, 7) is 1.78. The Morgan fingerprint density at radius 1 is 1.26 bits per heavy atom. The zero-order valence-electron chi connectivity index (χ0n) is 17.6. The van der Waals surface area contributed by atoms with Crippen molar-refractivity contribution in [3.8, 4) is 11.4 Å². The fourth-order valence-corrected chi connectivity index (χ4v) is 3.89. The number of alkyl halides is 3. The average Bonchev–Trinajstić information content (AvgIpc) is 3.39. The number of hydrogen-bond acceptors (Lipinski definition) is 6. The van der Waals surface area contributed by atoms with Crippen molar-refractivity contribution in [3.63, 3.8) is 0 Å². The van der Waals surface area contributed by atoms with Crippen molar-refractivity contribution in [1.82, 2.24) is 19.5 Å². The lowest BCUT2D eigenvalue weighted by atomic mass is 9.70. The molecule has 3 heterocycles. The van der Waals surface area contributed by atoms with E-state index in [0.717, 1.165) is 5.56 Å². The first-order valence-electron chi connectivity index (χ1n) is 10.2. The van der Waals surface area contributed by atoms with Gasteiger partial charge in [-0.1, -0.05) is 17.3 Å². The summed E-state index contributed by atoms with van der Waals surface area (Å²) >= 11 is 0. The topological polar surface area (TPSA) is 106 Å². The summed E-state index contributed by atoms with van der Waals surface area (Å²) in [5.74, 6) is -1.50. The number of aliphatic hydroxyl groups is 1. The van der Waals surface area contributed by atoms with Crippen LogP contribution >= 0.6 is 0 Å². The number of anilines is 1. The Morgan fingerprint density at radius 3 is 2.76 bits per heavy atom. The predicted octanol–water partition coefficient (Wildman–Crippen LogP) is 4.25. The fraction of sp³-hybridized carbons (Fsp3) is 0.273. The molecule has 1 aliphatic carbocycles. The largest absolute Gasteiger partial charge is 0.417 e. The lowest BCUT2D eigenvalue weighted by Gasteiger charge is -2.42. The SMILES string of the molecule is Cc1ccc(-c2noc(C3CC(O)(C(F)(F)F)C3)n2)cc1NC(=O)c1cnc2cc(F)ccn12. The monoisotopic (exact) mass is 475 g/mol. The highest BCUT2D eigenvalue weighted by Crippen LogP contribution is 2.52. The molecule has 0 atom stereocenters. The van der Waals surface area contributed by atoms with Crippen molar-refractivity contribution in [1.29, 1.82) is 0 Å². The molecule has 1 fully saturated rings. The van der Waals surface area contributed by atoms with Crippen LogP contribution < -0.4 is 5.32 Å². The number of rotatable bonds is 4. The third-order valence-corrected chi connectivity index (χ3v) is 5.94. The summed E-state index contributed by atoms with van der Waals surface area (Å²) in [5.41, 5.74) is -0.610. The molecule has 1 aliphatic rings. The molecular formula is C22H17F4N5O3. The highest BCUT2D eigenvalue weighted by atomic mass is 19.4. The standard InChI is InChI=1S/C22H17F4N5O3/c1-11-2-3-12(18-29-20(34-30-18)13-8-21(33,9-13)22(24,25)26)6-15(11)28-19(32)16-10-27-17-7-14(23)4-5-31(16)17/h2-7,10,13,33H,8-9H2,1H3,(H,28,32). The average molecular weight is 475 g/mol. The lowest BCUT2D eigenvalue weighted by molar-refractivity contribution is -0.292. The van der Waals surface area contributed by atoms with Gasteiger partial charge in [-0.15, -0.1) is 0 Å². The van der Waals surface area contributed by atoms with Crippen LogP contribution in [0.25, 0.3) is 17.0 Å². The number of imidazole rings is 1. The van der Waals surface area contributed by atoms with Gasteiger partial charge in [-0.2, -0.15) is 18.2 Å². The maximum absolute atomic E-state index is 13.4. The van der Waals surface area contributed by atoms with Crippen LogP contribution in [0.2, 0.25) is 0 Å². The number of nitrogens with zero attached hydrogens (tertiary/aromatic N) is 4. The van der Waals surface area contributed by atoms with Crippen LogP contribution in [0.5, 0.6) is 0 Å². The van der Waals surface area contributed by atoms with Crippen molar-refractivity contribution in [2.75, 3.05) is 5.32 Å². The van der Waals surface area contributed by atoms with Gasteiger partial charge in [-0.05, 0) is 37.5 Å². The normalized spacial score (nSPS) is 20.4. The zero-order chi connectivity index (χ0) is 24.3. The van der Waals surface area contributed by atoms with Crippen LogP contribution in [0, 0.1) is 12.7 Å². The number of pyridine rings is 1. The van der Waals surface area contributed by atoms with Gasteiger partial charge >= 0.3 is 6.18 Å². The number of aromatic nitrogens is 4. The summed E-state index contributed by atoms with van der Waals surface area (Å²) < 4.78 is 58.6. The number of carbonyl (C=O) groups excluding carboxylic acids is 1. The molecule has 3 aromatic heterocycles. The molecule has 0 saturated heterocycles. The zero-order valence-corrected chi connectivity index (χ0v) is 17.6. The quantitative estimate of drug-likeness (QED) is 0.428. The predicted molar refractivity (Wildman–Crippen MR) is 111 cm³/mol. The van der Waals surface area contributed by atoms with Crippen LogP contribution in [-0.2, 0) is 0 Å². The number of aryl methyl sites for hydroxylation is 1. The number of benzene rings is 1. The van der Waals surface area contributed by atoms with Crippen LogP contribution in [0.1, 0.15) is 40.7 Å². The Morgan fingerprint density at radius 2 is 2.03 bits per heavy atom. The van der Waals surface area contributed by atoms with Gasteiger partial charge in [-0.25, -0.2) is 9.37 Å². The van der Waals surface area contributed by atoms with E-state index in [0.29, 0.717) is 11.3 Å². The maximum atomic E-state index is 13.4. The molecule has 2 N–H and O–H groups in total. The van der Waals surface area contributed by atoms with Crippen molar-refractivity contribution in [2.45, 2.75) is 37.5 Å². The second-order valence-electron chi connectivity index (χ2n) is 8.29. The molecule has 176 valence electrons. The summed E-state index contributed by atoms with van der Waals surface area (Å²) in [4.78, 5) is 21.0. The second kappa shape index (κ2) is 7.62. The summed E-state index contributed by atoms with van der Waals surface area (Å²) in [7, 11) is 0. The maximum Gasteiger partial charge on any atom is 0.417 e. The van der Waals surface area contributed by atoms with Gasteiger partial charge in [0.1, 0.15) is 17.2 Å². The first kappa shape index (κ1) is 22.0. The minimum atomic E-state index is -4.72. The highest BCUT2D eigenvalue weighted by Gasteiger charge is 2.62. The molecule has 1 amide bonds. The molecule has 5 rings (SSSR count). The van der Waals surface area contributed by atoms with Crippen molar-refractivity contribution in [2.24, 2.45) is 0 Å². The van der Waals surface area contributed by atoms with E-state index in [1.807, 2.05) is 0 Å². The van der Waals surface area contributed by atoms with E-state index in [2.05, 4.69) is 20.4 Å². The van der Waals surface area contributed by atoms with Crippen molar-refractivity contribution >= 4 is 17.2 Å². The molecule has 34 heavy (non-hydrogen) atoms. The molecule has 0 aliphatic heterocycles. The van der Waals surface area contributed by atoms with Crippen LogP contribution in [0.3, 0.4) is 0 Å². The molecule has 8 nitrogen and oxygen atoms in total. The number of halogens is 4. The highest BCUT2D eigenvalue weighted by molar-refractivity contribution is 6.04. The summed E-state index contributed by atoms with van der Waals surface area (Å²) in [6, 6.07) is 7.43. The van der Waals surface area contributed by atoms with E-state index in [-0.39, 0.29) is 23.1 Å². The molecule has 0 unspecified atom stereocenters. The van der Waals surface area contributed by atoms with Gasteiger partial charge in [0.25, 0.3) is 5.91 Å². The second-order valence-corrected chi connectivity index (χ2v) is 8.29. The molecule has 1 aromatic carbocycles. The minimum Gasteiger partial charge on any atom is -0.380 e. The molecule has 12 heteroatoms. The van der Waals surface area contributed by atoms with Gasteiger partial charge in [0, 0.05) is 29.4 Å². The fourth-order valence-electron chi connectivity index (χ4n) is 3.89. The van der Waals surface area contributed by atoms with E-state index in [9.17, 15) is 27.5 Å². The Kier molecular flexibility index (Phi) is 4.93. The Hall–Kier alpha value is -3.80. The van der Waals surface area contributed by atoms with Gasteiger partial charge in [-0.3, -0.25) is 9.20 Å². The van der Waals surface area contributed by atoms with Crippen molar-refractivity contribution in [3.05, 3.63) is 65.7 Å². The van der Waals surface area contributed by atoms with Gasteiger partial charge in [0.2, 0.25) is 11.7 Å². The lowest BCUT2D eigenvalue weighted by Crippen LogP contribution is -2.54. The van der Waals surface area contributed by atoms with E-state index < -0.39 is 42.3 Å².